The highest BCUT2D eigenvalue weighted by atomic mass is 15.0. The molecule has 0 aromatic heterocycles. The molecule has 0 saturated heterocycles. The standard InChI is InChI=1S/C9H21N3/c1-2-11-6-3-7-12-9-5-4-8(9)10/h8-9,11-12H,2-7,10H2,1H3/p+1. The van der Waals surface area contributed by atoms with Crippen molar-refractivity contribution in [2.75, 3.05) is 19.6 Å². The van der Waals surface area contributed by atoms with Gasteiger partial charge < -0.3 is 16.4 Å². The fraction of sp³-hybridized carbons (Fsp3) is 1.00. The van der Waals surface area contributed by atoms with Crippen LogP contribution in [0.1, 0.15) is 26.2 Å². The van der Waals surface area contributed by atoms with E-state index in [9.17, 15) is 0 Å². The average Bonchev–Trinajstić information content (AvgIpc) is 2.08. The summed E-state index contributed by atoms with van der Waals surface area (Å²) in [6.45, 7) is 5.51. The second-order valence-electron chi connectivity index (χ2n) is 3.61. The number of rotatable bonds is 6. The smallest absolute Gasteiger partial charge is 0.0999 e. The molecule has 72 valence electrons. The maximum atomic E-state index is 4.06. The molecule has 1 rings (SSSR count). The van der Waals surface area contributed by atoms with E-state index in [1.807, 2.05) is 0 Å². The average molecular weight is 172 g/mol. The predicted octanol–water partition coefficient (Wildman–Crippen LogP) is -0.651. The topological polar surface area (TPSA) is 51.7 Å². The Bertz CT molecular complexity index is 116. The fourth-order valence-electron chi connectivity index (χ4n) is 1.52. The third-order valence-corrected chi connectivity index (χ3v) is 2.60. The van der Waals surface area contributed by atoms with Gasteiger partial charge in [-0.15, -0.1) is 0 Å². The molecule has 1 aliphatic carbocycles. The van der Waals surface area contributed by atoms with Crippen molar-refractivity contribution in [3.63, 3.8) is 0 Å². The largest absolute Gasteiger partial charge is 0.354 e. The van der Waals surface area contributed by atoms with Crippen molar-refractivity contribution in [3.05, 3.63) is 0 Å². The molecule has 0 aromatic carbocycles. The molecule has 2 unspecified atom stereocenters. The summed E-state index contributed by atoms with van der Waals surface area (Å²) in [6, 6.07) is 1.38. The minimum Gasteiger partial charge on any atom is -0.354 e. The van der Waals surface area contributed by atoms with Crippen molar-refractivity contribution in [1.82, 2.24) is 10.6 Å². The summed E-state index contributed by atoms with van der Waals surface area (Å²) in [6.07, 6.45) is 3.87. The molecule has 0 bridgehead atoms. The Hall–Kier alpha value is -0.120. The molecule has 0 amide bonds. The lowest BCUT2D eigenvalue weighted by molar-refractivity contribution is -0.444. The molecular weight excluding hydrogens is 150 g/mol. The minimum absolute atomic E-state index is 0.670. The van der Waals surface area contributed by atoms with E-state index in [4.69, 9.17) is 0 Å². The van der Waals surface area contributed by atoms with Gasteiger partial charge in [-0.3, -0.25) is 0 Å². The molecule has 5 N–H and O–H groups in total. The van der Waals surface area contributed by atoms with Crippen LogP contribution in [-0.2, 0) is 0 Å². The Balaban J connectivity index is 1.82. The molecule has 2 atom stereocenters. The van der Waals surface area contributed by atoms with E-state index in [1.165, 1.54) is 19.3 Å². The first-order valence-corrected chi connectivity index (χ1v) is 5.11. The normalized spacial score (nSPS) is 28.5. The second-order valence-corrected chi connectivity index (χ2v) is 3.61. The molecule has 0 heterocycles. The Morgan fingerprint density at radius 2 is 2.17 bits per heavy atom. The molecule has 3 nitrogen and oxygen atoms in total. The summed E-state index contributed by atoms with van der Waals surface area (Å²) < 4.78 is 0. The minimum atomic E-state index is 0.670. The first-order valence-electron chi connectivity index (χ1n) is 5.11. The zero-order valence-corrected chi connectivity index (χ0v) is 8.10. The fourth-order valence-corrected chi connectivity index (χ4v) is 1.52. The summed E-state index contributed by atoms with van der Waals surface area (Å²) in [5.41, 5.74) is 4.06. The van der Waals surface area contributed by atoms with Crippen molar-refractivity contribution >= 4 is 0 Å². The van der Waals surface area contributed by atoms with Crippen LogP contribution in [0.5, 0.6) is 0 Å². The van der Waals surface area contributed by atoms with E-state index >= 15 is 0 Å². The van der Waals surface area contributed by atoms with E-state index in [2.05, 4.69) is 23.3 Å². The van der Waals surface area contributed by atoms with Crippen LogP contribution in [0.15, 0.2) is 0 Å². The maximum absolute atomic E-state index is 4.06. The van der Waals surface area contributed by atoms with Crippen molar-refractivity contribution in [2.24, 2.45) is 0 Å². The highest BCUT2D eigenvalue weighted by molar-refractivity contribution is 4.84. The van der Waals surface area contributed by atoms with Gasteiger partial charge in [0.2, 0.25) is 0 Å². The van der Waals surface area contributed by atoms with E-state index in [0.29, 0.717) is 12.1 Å². The van der Waals surface area contributed by atoms with E-state index in [-0.39, 0.29) is 0 Å². The van der Waals surface area contributed by atoms with Gasteiger partial charge >= 0.3 is 0 Å². The Morgan fingerprint density at radius 1 is 1.33 bits per heavy atom. The van der Waals surface area contributed by atoms with Gasteiger partial charge in [0.25, 0.3) is 0 Å². The highest BCUT2D eigenvalue weighted by Crippen LogP contribution is 2.15. The van der Waals surface area contributed by atoms with Crippen LogP contribution in [-0.4, -0.2) is 31.7 Å². The molecule has 0 aliphatic heterocycles. The lowest BCUT2D eigenvalue weighted by atomic mass is 9.87. The Kier molecular flexibility index (Phi) is 4.58. The van der Waals surface area contributed by atoms with E-state index < -0.39 is 0 Å². The number of quaternary nitrogens is 1. The summed E-state index contributed by atoms with van der Waals surface area (Å²) in [4.78, 5) is 0. The van der Waals surface area contributed by atoms with Gasteiger partial charge in [-0.25, -0.2) is 0 Å². The molecule has 1 aliphatic rings. The van der Waals surface area contributed by atoms with Crippen molar-refractivity contribution < 1.29 is 5.73 Å². The molecule has 0 aromatic rings. The quantitative estimate of drug-likeness (QED) is 0.466. The lowest BCUT2D eigenvalue weighted by Crippen LogP contribution is -2.74. The summed E-state index contributed by atoms with van der Waals surface area (Å²) in [7, 11) is 0. The second kappa shape index (κ2) is 5.51. The molecule has 12 heavy (non-hydrogen) atoms. The zero-order valence-electron chi connectivity index (χ0n) is 8.10. The van der Waals surface area contributed by atoms with E-state index in [0.717, 1.165) is 19.6 Å². The highest BCUT2D eigenvalue weighted by Gasteiger charge is 2.29. The predicted molar refractivity (Wildman–Crippen MR) is 50.9 cm³/mol. The van der Waals surface area contributed by atoms with Crippen LogP contribution in [0.25, 0.3) is 0 Å². The molecule has 0 spiro atoms. The first kappa shape index (κ1) is 9.96. The van der Waals surface area contributed by atoms with Gasteiger partial charge in [0, 0.05) is 6.42 Å². The lowest BCUT2D eigenvalue weighted by Gasteiger charge is -2.31. The van der Waals surface area contributed by atoms with Crippen LogP contribution >= 0.6 is 0 Å². The third kappa shape index (κ3) is 3.09. The number of nitrogens with one attached hydrogen (secondary N) is 2. The molecule has 3 heteroatoms. The van der Waals surface area contributed by atoms with Gasteiger partial charge in [0.05, 0.1) is 12.1 Å². The molecular formula is C9H22N3+. The van der Waals surface area contributed by atoms with Gasteiger partial charge in [-0.05, 0) is 32.5 Å². The van der Waals surface area contributed by atoms with Gasteiger partial charge in [-0.1, -0.05) is 6.92 Å². The van der Waals surface area contributed by atoms with Crippen LogP contribution in [0.2, 0.25) is 0 Å². The summed E-state index contributed by atoms with van der Waals surface area (Å²) >= 11 is 0. The Morgan fingerprint density at radius 3 is 2.67 bits per heavy atom. The van der Waals surface area contributed by atoms with Crippen LogP contribution in [0.4, 0.5) is 0 Å². The monoisotopic (exact) mass is 172 g/mol. The first-order chi connectivity index (χ1) is 5.84. The van der Waals surface area contributed by atoms with Crippen molar-refractivity contribution in [3.8, 4) is 0 Å². The van der Waals surface area contributed by atoms with Gasteiger partial charge in [-0.2, -0.15) is 0 Å². The van der Waals surface area contributed by atoms with Crippen LogP contribution in [0, 0.1) is 0 Å². The SMILES string of the molecule is CCNCCCNC1CCC1[NH3+]. The van der Waals surface area contributed by atoms with Crippen LogP contribution < -0.4 is 16.4 Å². The van der Waals surface area contributed by atoms with Crippen molar-refractivity contribution in [1.29, 1.82) is 0 Å². The Labute approximate surface area is 75.1 Å². The number of hydrogen-bond acceptors (Lipinski definition) is 2. The van der Waals surface area contributed by atoms with Crippen LogP contribution in [0.3, 0.4) is 0 Å². The summed E-state index contributed by atoms with van der Waals surface area (Å²) in [5.74, 6) is 0. The third-order valence-electron chi connectivity index (χ3n) is 2.60. The zero-order chi connectivity index (χ0) is 8.81. The maximum Gasteiger partial charge on any atom is 0.0999 e. The summed E-state index contributed by atoms with van der Waals surface area (Å²) in [5, 5.41) is 6.84. The number of hydrogen-bond donors (Lipinski definition) is 3. The van der Waals surface area contributed by atoms with Gasteiger partial charge in [0.15, 0.2) is 0 Å². The molecule has 0 radical (unpaired) electrons. The molecule has 1 saturated carbocycles. The van der Waals surface area contributed by atoms with Gasteiger partial charge in [0.1, 0.15) is 0 Å². The molecule has 1 fully saturated rings. The van der Waals surface area contributed by atoms with Crippen molar-refractivity contribution in [2.45, 2.75) is 38.3 Å². The van der Waals surface area contributed by atoms with E-state index in [1.54, 1.807) is 0 Å².